The van der Waals surface area contributed by atoms with Gasteiger partial charge in [0.1, 0.15) is 5.82 Å². The number of halogens is 1. The Labute approximate surface area is 111 Å². The average Bonchev–Trinajstić information content (AvgIpc) is 3.12. The number of pyridine rings is 1. The summed E-state index contributed by atoms with van der Waals surface area (Å²) in [5, 5.41) is 3.30. The predicted molar refractivity (Wildman–Crippen MR) is 73.3 cm³/mol. The first-order valence-corrected chi connectivity index (χ1v) is 7.00. The van der Waals surface area contributed by atoms with Gasteiger partial charge in [-0.1, -0.05) is 0 Å². The van der Waals surface area contributed by atoms with Gasteiger partial charge in [-0.3, -0.25) is 0 Å². The molecule has 0 saturated heterocycles. The first kappa shape index (κ1) is 12.8. The number of anilines is 1. The molecule has 1 N–H and O–H groups in total. The molecule has 1 fully saturated rings. The zero-order valence-corrected chi connectivity index (χ0v) is 11.8. The maximum absolute atomic E-state index is 5.57. The highest BCUT2D eigenvalue weighted by molar-refractivity contribution is 9.10. The lowest BCUT2D eigenvalue weighted by Gasteiger charge is -2.07. The number of nitrogens with one attached hydrogen (secondary N) is 1. The predicted octanol–water partition coefficient (Wildman–Crippen LogP) is 3.38. The fourth-order valence-electron chi connectivity index (χ4n) is 1.57. The summed E-state index contributed by atoms with van der Waals surface area (Å²) in [5.41, 5.74) is 1.01. The number of rotatable bonds is 7. The van der Waals surface area contributed by atoms with Crippen LogP contribution in [0.3, 0.4) is 0 Å². The van der Waals surface area contributed by atoms with Crippen molar-refractivity contribution in [1.29, 1.82) is 0 Å². The van der Waals surface area contributed by atoms with Gasteiger partial charge in [-0.2, -0.15) is 0 Å². The van der Waals surface area contributed by atoms with Crippen LogP contribution in [0.2, 0.25) is 0 Å². The quantitative estimate of drug-likeness (QED) is 0.784. The fraction of sp³-hybridized carbons (Fsp3) is 0.615. The Kier molecular flexibility index (Phi) is 4.80. The maximum atomic E-state index is 5.57. The van der Waals surface area contributed by atoms with E-state index in [2.05, 4.69) is 26.2 Å². The Morgan fingerprint density at radius 3 is 3.00 bits per heavy atom. The number of aromatic nitrogens is 1. The van der Waals surface area contributed by atoms with Crippen molar-refractivity contribution in [3.63, 3.8) is 0 Å². The van der Waals surface area contributed by atoms with Gasteiger partial charge in [0.05, 0.1) is 5.69 Å². The Morgan fingerprint density at radius 1 is 1.47 bits per heavy atom. The Balaban J connectivity index is 1.58. The van der Waals surface area contributed by atoms with Crippen molar-refractivity contribution in [2.45, 2.75) is 26.2 Å². The smallest absolute Gasteiger partial charge is 0.126 e. The second-order valence-electron chi connectivity index (χ2n) is 4.56. The normalized spacial score (nSPS) is 14.9. The molecule has 4 heteroatoms. The molecule has 1 aliphatic rings. The summed E-state index contributed by atoms with van der Waals surface area (Å²) in [4.78, 5) is 4.43. The zero-order valence-electron chi connectivity index (χ0n) is 10.2. The zero-order chi connectivity index (χ0) is 12.1. The van der Waals surface area contributed by atoms with Crippen LogP contribution in [0.5, 0.6) is 0 Å². The van der Waals surface area contributed by atoms with Gasteiger partial charge in [0, 0.05) is 24.2 Å². The lowest BCUT2D eigenvalue weighted by molar-refractivity contribution is 0.124. The molecule has 94 valence electrons. The van der Waals surface area contributed by atoms with Crippen molar-refractivity contribution >= 4 is 21.7 Å². The van der Waals surface area contributed by atoms with E-state index in [9.17, 15) is 0 Å². The van der Waals surface area contributed by atoms with E-state index in [1.807, 2.05) is 19.1 Å². The number of hydrogen-bond acceptors (Lipinski definition) is 3. The molecular weight excluding hydrogens is 280 g/mol. The van der Waals surface area contributed by atoms with Gasteiger partial charge in [0.2, 0.25) is 0 Å². The van der Waals surface area contributed by atoms with Crippen LogP contribution in [0.25, 0.3) is 0 Å². The van der Waals surface area contributed by atoms with Gasteiger partial charge < -0.3 is 10.1 Å². The van der Waals surface area contributed by atoms with E-state index in [-0.39, 0.29) is 0 Å². The summed E-state index contributed by atoms with van der Waals surface area (Å²) in [5.74, 6) is 1.80. The lowest BCUT2D eigenvalue weighted by atomic mass is 10.3. The molecule has 1 heterocycles. The fourth-order valence-corrected chi connectivity index (χ4v) is 1.79. The largest absolute Gasteiger partial charge is 0.381 e. The molecule has 1 saturated carbocycles. The SMILES string of the molecule is Cc1nc(NCCCOCC2CC2)ccc1Br. The highest BCUT2D eigenvalue weighted by Gasteiger charge is 2.20. The first-order valence-electron chi connectivity index (χ1n) is 6.20. The molecule has 0 aromatic carbocycles. The second kappa shape index (κ2) is 6.36. The van der Waals surface area contributed by atoms with Crippen LogP contribution >= 0.6 is 15.9 Å². The molecule has 0 atom stereocenters. The highest BCUT2D eigenvalue weighted by atomic mass is 79.9. The summed E-state index contributed by atoms with van der Waals surface area (Å²) >= 11 is 3.44. The van der Waals surface area contributed by atoms with Gasteiger partial charge in [0.15, 0.2) is 0 Å². The minimum Gasteiger partial charge on any atom is -0.381 e. The summed E-state index contributed by atoms with van der Waals surface area (Å²) in [7, 11) is 0. The molecule has 0 radical (unpaired) electrons. The monoisotopic (exact) mass is 298 g/mol. The lowest BCUT2D eigenvalue weighted by Crippen LogP contribution is -2.08. The summed E-state index contributed by atoms with van der Waals surface area (Å²) < 4.78 is 6.62. The standard InChI is InChI=1S/C13H19BrN2O/c1-10-12(14)5-6-13(16-10)15-7-2-8-17-9-11-3-4-11/h5-6,11H,2-4,7-9H2,1H3,(H,15,16). The Hall–Kier alpha value is -0.610. The second-order valence-corrected chi connectivity index (χ2v) is 5.42. The van der Waals surface area contributed by atoms with Gasteiger partial charge in [-0.25, -0.2) is 4.98 Å². The summed E-state index contributed by atoms with van der Waals surface area (Å²) in [6.07, 6.45) is 3.75. The molecule has 0 unspecified atom stereocenters. The summed E-state index contributed by atoms with van der Waals surface area (Å²) in [6, 6.07) is 4.01. The van der Waals surface area contributed by atoms with Crippen molar-refractivity contribution in [3.8, 4) is 0 Å². The van der Waals surface area contributed by atoms with Crippen LogP contribution < -0.4 is 5.32 Å². The maximum Gasteiger partial charge on any atom is 0.126 e. The third-order valence-corrected chi connectivity index (χ3v) is 3.68. The topological polar surface area (TPSA) is 34.2 Å². The van der Waals surface area contributed by atoms with E-state index in [1.165, 1.54) is 12.8 Å². The molecule has 2 rings (SSSR count). The summed E-state index contributed by atoms with van der Waals surface area (Å²) in [6.45, 7) is 4.71. The number of nitrogens with zero attached hydrogens (tertiary/aromatic N) is 1. The van der Waals surface area contributed by atoms with E-state index in [4.69, 9.17) is 4.74 Å². The van der Waals surface area contributed by atoms with Crippen LogP contribution in [0.4, 0.5) is 5.82 Å². The molecule has 0 bridgehead atoms. The molecule has 1 aromatic heterocycles. The number of aryl methyl sites for hydroxylation is 1. The van der Waals surface area contributed by atoms with E-state index < -0.39 is 0 Å². The third kappa shape index (κ3) is 4.64. The van der Waals surface area contributed by atoms with E-state index in [0.717, 1.165) is 48.1 Å². The van der Waals surface area contributed by atoms with E-state index in [0.29, 0.717) is 0 Å². The third-order valence-electron chi connectivity index (χ3n) is 2.84. The van der Waals surface area contributed by atoms with Gasteiger partial charge in [-0.15, -0.1) is 0 Å². The van der Waals surface area contributed by atoms with Crippen LogP contribution in [-0.4, -0.2) is 24.7 Å². The van der Waals surface area contributed by atoms with Crippen molar-refractivity contribution < 1.29 is 4.74 Å². The molecule has 0 amide bonds. The van der Waals surface area contributed by atoms with E-state index in [1.54, 1.807) is 0 Å². The molecule has 0 spiro atoms. The minimum atomic E-state index is 0.846. The molecular formula is C13H19BrN2O. The Morgan fingerprint density at radius 2 is 2.29 bits per heavy atom. The van der Waals surface area contributed by atoms with Gasteiger partial charge >= 0.3 is 0 Å². The molecule has 0 aliphatic heterocycles. The first-order chi connectivity index (χ1) is 8.25. The van der Waals surface area contributed by atoms with Crippen LogP contribution in [-0.2, 0) is 4.74 Å². The van der Waals surface area contributed by atoms with Crippen molar-refractivity contribution in [3.05, 3.63) is 22.3 Å². The minimum absolute atomic E-state index is 0.846. The van der Waals surface area contributed by atoms with E-state index >= 15 is 0 Å². The van der Waals surface area contributed by atoms with Crippen molar-refractivity contribution in [2.75, 3.05) is 25.1 Å². The molecule has 1 aliphatic carbocycles. The average molecular weight is 299 g/mol. The highest BCUT2D eigenvalue weighted by Crippen LogP contribution is 2.28. The van der Waals surface area contributed by atoms with Crippen LogP contribution in [0.15, 0.2) is 16.6 Å². The number of hydrogen-bond donors (Lipinski definition) is 1. The van der Waals surface area contributed by atoms with Gasteiger partial charge in [-0.05, 0) is 60.2 Å². The van der Waals surface area contributed by atoms with Crippen LogP contribution in [0.1, 0.15) is 25.0 Å². The number of ether oxygens (including phenoxy) is 1. The van der Waals surface area contributed by atoms with Crippen molar-refractivity contribution in [2.24, 2.45) is 5.92 Å². The molecule has 1 aromatic rings. The Bertz CT molecular complexity index is 366. The van der Waals surface area contributed by atoms with Crippen molar-refractivity contribution in [1.82, 2.24) is 4.98 Å². The molecule has 17 heavy (non-hydrogen) atoms. The van der Waals surface area contributed by atoms with Crippen LogP contribution in [0, 0.1) is 12.8 Å². The van der Waals surface area contributed by atoms with Gasteiger partial charge in [0.25, 0.3) is 0 Å². The molecule has 3 nitrogen and oxygen atoms in total.